The number of hydrogen-bond acceptors (Lipinski definition) is 2. The van der Waals surface area contributed by atoms with Gasteiger partial charge in [0.05, 0.1) is 6.20 Å². The van der Waals surface area contributed by atoms with Crippen LogP contribution in [0, 0.1) is 6.92 Å². The van der Waals surface area contributed by atoms with E-state index < -0.39 is 0 Å². The fourth-order valence-corrected chi connectivity index (χ4v) is 1.07. The van der Waals surface area contributed by atoms with Crippen LogP contribution in [0.3, 0.4) is 0 Å². The molecule has 0 amide bonds. The summed E-state index contributed by atoms with van der Waals surface area (Å²) in [7, 11) is 1.94. The van der Waals surface area contributed by atoms with E-state index in [-0.39, 0.29) is 0 Å². The molecule has 0 saturated heterocycles. The smallest absolute Gasteiger partial charge is 0.0521 e. The van der Waals surface area contributed by atoms with Gasteiger partial charge in [0.2, 0.25) is 0 Å². The number of hydrogen-bond donors (Lipinski definition) is 1. The van der Waals surface area contributed by atoms with E-state index in [1.165, 1.54) is 11.3 Å². The van der Waals surface area contributed by atoms with Gasteiger partial charge in [-0.2, -0.15) is 5.10 Å². The van der Waals surface area contributed by atoms with Crippen LogP contribution in [0.15, 0.2) is 6.20 Å². The third-order valence-electron chi connectivity index (χ3n) is 1.65. The van der Waals surface area contributed by atoms with Crippen LogP contribution in [0.1, 0.15) is 11.3 Å². The minimum absolute atomic E-state index is 0.695. The first-order chi connectivity index (χ1) is 4.75. The number of nitrogens with two attached hydrogens (primary N) is 1. The fraction of sp³-hybridized carbons (Fsp3) is 0.571. The van der Waals surface area contributed by atoms with Crippen LogP contribution >= 0.6 is 0 Å². The van der Waals surface area contributed by atoms with E-state index >= 15 is 0 Å². The van der Waals surface area contributed by atoms with Crippen LogP contribution in [0.5, 0.6) is 0 Å². The van der Waals surface area contributed by atoms with Crippen LogP contribution in [0.4, 0.5) is 0 Å². The van der Waals surface area contributed by atoms with Crippen LogP contribution in [0.25, 0.3) is 0 Å². The first-order valence-electron chi connectivity index (χ1n) is 3.43. The van der Waals surface area contributed by atoms with Crippen molar-refractivity contribution in [3.63, 3.8) is 0 Å². The second-order valence-electron chi connectivity index (χ2n) is 2.44. The molecule has 0 fully saturated rings. The van der Waals surface area contributed by atoms with Crippen molar-refractivity contribution in [2.75, 3.05) is 6.54 Å². The topological polar surface area (TPSA) is 43.8 Å². The van der Waals surface area contributed by atoms with Crippen molar-refractivity contribution in [2.45, 2.75) is 13.3 Å². The van der Waals surface area contributed by atoms with Gasteiger partial charge in [-0.1, -0.05) is 0 Å². The highest BCUT2D eigenvalue weighted by Gasteiger charge is 2.00. The second-order valence-corrected chi connectivity index (χ2v) is 2.44. The highest BCUT2D eigenvalue weighted by Crippen LogP contribution is 2.04. The van der Waals surface area contributed by atoms with E-state index in [9.17, 15) is 0 Å². The highest BCUT2D eigenvalue weighted by molar-refractivity contribution is 5.15. The Hall–Kier alpha value is -0.830. The Labute approximate surface area is 60.8 Å². The number of nitrogens with zero attached hydrogens (tertiary/aromatic N) is 2. The van der Waals surface area contributed by atoms with Gasteiger partial charge in [0.1, 0.15) is 0 Å². The number of aryl methyl sites for hydroxylation is 2. The molecule has 1 aromatic heterocycles. The lowest BCUT2D eigenvalue weighted by Gasteiger charge is -1.99. The van der Waals surface area contributed by atoms with E-state index in [2.05, 4.69) is 12.0 Å². The molecule has 2 N–H and O–H groups in total. The number of rotatable bonds is 2. The first kappa shape index (κ1) is 7.28. The standard InChI is InChI=1S/C7H13N3/c1-6-5-9-10(2)7(6)3-4-8/h5H,3-4,8H2,1-2H3. The van der Waals surface area contributed by atoms with E-state index in [4.69, 9.17) is 5.73 Å². The summed E-state index contributed by atoms with van der Waals surface area (Å²) < 4.78 is 1.88. The van der Waals surface area contributed by atoms with Crippen LogP contribution in [-0.4, -0.2) is 16.3 Å². The van der Waals surface area contributed by atoms with Gasteiger partial charge in [0.15, 0.2) is 0 Å². The lowest BCUT2D eigenvalue weighted by molar-refractivity contribution is 0.704. The molecule has 0 aliphatic heterocycles. The Balaban J connectivity index is 2.87. The van der Waals surface area contributed by atoms with Crippen molar-refractivity contribution >= 4 is 0 Å². The fourth-order valence-electron chi connectivity index (χ4n) is 1.07. The molecule has 1 aromatic rings. The second kappa shape index (κ2) is 2.84. The molecule has 0 aromatic carbocycles. The van der Waals surface area contributed by atoms with Crippen molar-refractivity contribution in [1.29, 1.82) is 0 Å². The molecule has 0 unspecified atom stereocenters. The van der Waals surface area contributed by atoms with E-state index in [1.54, 1.807) is 0 Å². The predicted octanol–water partition coefficient (Wildman–Crippen LogP) is 0.230. The largest absolute Gasteiger partial charge is 0.330 e. The summed E-state index contributed by atoms with van der Waals surface area (Å²) in [6, 6.07) is 0. The predicted molar refractivity (Wildman–Crippen MR) is 40.7 cm³/mol. The van der Waals surface area contributed by atoms with Crippen LogP contribution in [-0.2, 0) is 13.5 Å². The molecule has 0 atom stereocenters. The van der Waals surface area contributed by atoms with Gasteiger partial charge in [-0.3, -0.25) is 4.68 Å². The molecule has 0 spiro atoms. The van der Waals surface area contributed by atoms with Gasteiger partial charge in [-0.05, 0) is 19.0 Å². The minimum atomic E-state index is 0.695. The third kappa shape index (κ3) is 1.19. The van der Waals surface area contributed by atoms with Gasteiger partial charge in [-0.15, -0.1) is 0 Å². The Morgan fingerprint density at radius 2 is 2.40 bits per heavy atom. The van der Waals surface area contributed by atoms with Crippen molar-refractivity contribution in [3.05, 3.63) is 17.5 Å². The Morgan fingerprint density at radius 1 is 1.70 bits per heavy atom. The summed E-state index contributed by atoms with van der Waals surface area (Å²) in [6.45, 7) is 2.75. The van der Waals surface area contributed by atoms with Gasteiger partial charge < -0.3 is 5.73 Å². The zero-order chi connectivity index (χ0) is 7.56. The quantitative estimate of drug-likeness (QED) is 0.637. The molecule has 0 aliphatic rings. The van der Waals surface area contributed by atoms with E-state index in [0.717, 1.165) is 6.42 Å². The molecule has 10 heavy (non-hydrogen) atoms. The summed E-state index contributed by atoms with van der Waals surface area (Å²) in [5, 5.41) is 4.10. The Morgan fingerprint density at radius 3 is 2.80 bits per heavy atom. The van der Waals surface area contributed by atoms with Gasteiger partial charge in [0, 0.05) is 19.2 Å². The summed E-state index contributed by atoms with van der Waals surface area (Å²) in [5.74, 6) is 0. The van der Waals surface area contributed by atoms with Crippen molar-refractivity contribution in [1.82, 2.24) is 9.78 Å². The molecule has 1 heterocycles. The van der Waals surface area contributed by atoms with Gasteiger partial charge in [-0.25, -0.2) is 0 Å². The lowest BCUT2D eigenvalue weighted by atomic mass is 10.2. The maximum atomic E-state index is 5.42. The molecule has 0 radical (unpaired) electrons. The minimum Gasteiger partial charge on any atom is -0.330 e. The zero-order valence-corrected chi connectivity index (χ0v) is 6.46. The summed E-state index contributed by atoms with van der Waals surface area (Å²) in [6.07, 6.45) is 2.79. The average molecular weight is 139 g/mol. The molecule has 1 rings (SSSR count). The maximum Gasteiger partial charge on any atom is 0.0521 e. The highest BCUT2D eigenvalue weighted by atomic mass is 15.3. The lowest BCUT2D eigenvalue weighted by Crippen LogP contribution is -2.08. The summed E-state index contributed by atoms with van der Waals surface area (Å²) in [5.41, 5.74) is 7.88. The average Bonchev–Trinajstić information content (AvgIpc) is 2.20. The Bertz CT molecular complexity index is 195. The SMILES string of the molecule is Cc1cnn(C)c1CCN. The van der Waals surface area contributed by atoms with Crippen molar-refractivity contribution in [3.8, 4) is 0 Å². The molecule has 56 valence electrons. The number of aromatic nitrogens is 2. The van der Waals surface area contributed by atoms with Crippen LogP contribution in [0.2, 0.25) is 0 Å². The maximum absolute atomic E-state index is 5.42. The molecular weight excluding hydrogens is 126 g/mol. The molecule has 0 aliphatic carbocycles. The Kier molecular flexibility index (Phi) is 2.06. The van der Waals surface area contributed by atoms with E-state index in [0.29, 0.717) is 6.54 Å². The third-order valence-corrected chi connectivity index (χ3v) is 1.65. The van der Waals surface area contributed by atoms with Crippen LogP contribution < -0.4 is 5.73 Å². The summed E-state index contributed by atoms with van der Waals surface area (Å²) in [4.78, 5) is 0. The monoisotopic (exact) mass is 139 g/mol. The molecule has 0 saturated carbocycles. The molecule has 3 nitrogen and oxygen atoms in total. The molecular formula is C7H13N3. The normalized spacial score (nSPS) is 10.3. The summed E-state index contributed by atoms with van der Waals surface area (Å²) >= 11 is 0. The van der Waals surface area contributed by atoms with E-state index in [1.807, 2.05) is 17.9 Å². The zero-order valence-electron chi connectivity index (χ0n) is 6.46. The first-order valence-corrected chi connectivity index (χ1v) is 3.43. The van der Waals surface area contributed by atoms with Crippen molar-refractivity contribution < 1.29 is 0 Å². The molecule has 3 heteroatoms. The van der Waals surface area contributed by atoms with Crippen molar-refractivity contribution in [2.24, 2.45) is 12.8 Å². The molecule has 0 bridgehead atoms. The van der Waals surface area contributed by atoms with Gasteiger partial charge >= 0.3 is 0 Å². The van der Waals surface area contributed by atoms with Gasteiger partial charge in [0.25, 0.3) is 0 Å².